The summed E-state index contributed by atoms with van der Waals surface area (Å²) in [4.78, 5) is 2.69. The van der Waals surface area contributed by atoms with Gasteiger partial charge in [0.05, 0.1) is 0 Å². The number of thioether (sulfide) groups is 1. The van der Waals surface area contributed by atoms with Crippen LogP contribution in [0.15, 0.2) is 0 Å². The van der Waals surface area contributed by atoms with Crippen LogP contribution in [0.5, 0.6) is 0 Å². The summed E-state index contributed by atoms with van der Waals surface area (Å²) < 4.78 is 0. The zero-order valence-corrected chi connectivity index (χ0v) is 11.2. The van der Waals surface area contributed by atoms with Crippen LogP contribution in [-0.4, -0.2) is 35.0 Å². The molecule has 0 amide bonds. The van der Waals surface area contributed by atoms with E-state index in [4.69, 9.17) is 0 Å². The summed E-state index contributed by atoms with van der Waals surface area (Å²) in [6.45, 7) is 13.1. The second kappa shape index (κ2) is 4.89. The largest absolute Gasteiger partial charge is 0.297 e. The Kier molecular flexibility index (Phi) is 4.32. The maximum absolute atomic E-state index is 2.69. The van der Waals surface area contributed by atoms with Gasteiger partial charge in [0, 0.05) is 17.8 Å². The van der Waals surface area contributed by atoms with Crippen LogP contribution in [0.1, 0.15) is 41.0 Å². The first-order valence-corrected chi connectivity index (χ1v) is 6.92. The van der Waals surface area contributed by atoms with Gasteiger partial charge in [-0.1, -0.05) is 20.8 Å². The minimum Gasteiger partial charge on any atom is -0.297 e. The van der Waals surface area contributed by atoms with Gasteiger partial charge in [-0.25, -0.2) is 0 Å². The highest BCUT2D eigenvalue weighted by atomic mass is 32.2. The van der Waals surface area contributed by atoms with Gasteiger partial charge in [0.15, 0.2) is 0 Å². The van der Waals surface area contributed by atoms with Crippen molar-refractivity contribution in [1.29, 1.82) is 0 Å². The van der Waals surface area contributed by atoms with Gasteiger partial charge in [0.2, 0.25) is 0 Å². The number of rotatable bonds is 1. The molecule has 1 aliphatic heterocycles. The van der Waals surface area contributed by atoms with Gasteiger partial charge in [0.1, 0.15) is 0 Å². The summed E-state index contributed by atoms with van der Waals surface area (Å²) in [5, 5.41) is 0. The lowest BCUT2D eigenvalue weighted by Gasteiger charge is -2.41. The van der Waals surface area contributed by atoms with E-state index in [0.717, 1.165) is 6.04 Å². The number of hydrogen-bond donors (Lipinski definition) is 0. The molecule has 0 aliphatic carbocycles. The molecule has 0 aromatic carbocycles. The van der Waals surface area contributed by atoms with Crippen molar-refractivity contribution in [2.45, 2.75) is 53.1 Å². The van der Waals surface area contributed by atoms with E-state index in [-0.39, 0.29) is 0 Å². The van der Waals surface area contributed by atoms with Gasteiger partial charge in [-0.3, -0.25) is 4.90 Å². The Morgan fingerprint density at radius 3 is 2.43 bits per heavy atom. The molecule has 0 aromatic rings. The Morgan fingerprint density at radius 2 is 1.93 bits per heavy atom. The van der Waals surface area contributed by atoms with Crippen molar-refractivity contribution in [3.8, 4) is 0 Å². The third-order valence-electron chi connectivity index (χ3n) is 3.04. The Labute approximate surface area is 93.6 Å². The molecule has 1 saturated heterocycles. The predicted molar refractivity (Wildman–Crippen MR) is 67.0 cm³/mol. The van der Waals surface area contributed by atoms with E-state index < -0.39 is 0 Å². The van der Waals surface area contributed by atoms with E-state index >= 15 is 0 Å². The third-order valence-corrected chi connectivity index (χ3v) is 4.17. The highest BCUT2D eigenvalue weighted by Gasteiger charge is 2.32. The average molecular weight is 215 g/mol. The summed E-state index contributed by atoms with van der Waals surface area (Å²) in [6.07, 6.45) is 1.36. The molecule has 0 N–H and O–H groups in total. The van der Waals surface area contributed by atoms with Crippen LogP contribution in [0.3, 0.4) is 0 Å². The molecule has 0 bridgehead atoms. The smallest absolute Gasteiger partial charge is 0.0237 e. The molecule has 1 nitrogen and oxygen atoms in total. The second-order valence-corrected chi connectivity index (χ2v) is 6.79. The van der Waals surface area contributed by atoms with Crippen LogP contribution in [0.2, 0.25) is 0 Å². The maximum Gasteiger partial charge on any atom is 0.0237 e. The van der Waals surface area contributed by atoms with Crippen LogP contribution in [-0.2, 0) is 0 Å². The Bertz CT molecular complexity index is 172. The Morgan fingerprint density at radius 1 is 1.29 bits per heavy atom. The van der Waals surface area contributed by atoms with Crippen molar-refractivity contribution in [2.75, 3.05) is 18.1 Å². The topological polar surface area (TPSA) is 3.24 Å². The highest BCUT2D eigenvalue weighted by molar-refractivity contribution is 7.99. The van der Waals surface area contributed by atoms with Crippen LogP contribution in [0, 0.1) is 5.41 Å². The average Bonchev–Trinajstić information content (AvgIpc) is 2.26. The van der Waals surface area contributed by atoms with Gasteiger partial charge in [-0.15, -0.1) is 0 Å². The zero-order valence-electron chi connectivity index (χ0n) is 10.3. The summed E-state index contributed by atoms with van der Waals surface area (Å²) in [5.74, 6) is 2.65. The molecule has 0 aromatic heterocycles. The quantitative estimate of drug-likeness (QED) is 0.660. The summed E-state index contributed by atoms with van der Waals surface area (Å²) in [6, 6.07) is 1.44. The Balaban J connectivity index is 2.74. The Hall–Kier alpha value is 0.310. The summed E-state index contributed by atoms with van der Waals surface area (Å²) in [7, 11) is 0. The standard InChI is InChI=1S/C12H25NS/c1-10(2)13-7-6-8-14-9-11(13)12(3,4)5/h10-11H,6-9H2,1-5H3/t11-/m1/s1. The molecule has 2 heteroatoms. The van der Waals surface area contributed by atoms with E-state index in [9.17, 15) is 0 Å². The van der Waals surface area contributed by atoms with Crippen molar-refractivity contribution in [3.63, 3.8) is 0 Å². The maximum atomic E-state index is 2.69. The fraction of sp³-hybridized carbons (Fsp3) is 1.00. The van der Waals surface area contributed by atoms with Crippen molar-refractivity contribution >= 4 is 11.8 Å². The lowest BCUT2D eigenvalue weighted by atomic mass is 9.86. The second-order valence-electron chi connectivity index (χ2n) is 5.64. The molecule has 1 rings (SSSR count). The van der Waals surface area contributed by atoms with Gasteiger partial charge in [-0.2, -0.15) is 11.8 Å². The van der Waals surface area contributed by atoms with Gasteiger partial charge in [-0.05, 0) is 38.0 Å². The molecule has 1 fully saturated rings. The first-order chi connectivity index (χ1) is 6.43. The zero-order chi connectivity index (χ0) is 10.8. The van der Waals surface area contributed by atoms with E-state index in [1.54, 1.807) is 0 Å². The number of hydrogen-bond acceptors (Lipinski definition) is 2. The summed E-state index contributed by atoms with van der Waals surface area (Å²) in [5.41, 5.74) is 0.418. The molecule has 1 heterocycles. The normalized spacial score (nSPS) is 26.6. The monoisotopic (exact) mass is 215 g/mol. The molecule has 0 radical (unpaired) electrons. The predicted octanol–water partition coefficient (Wildman–Crippen LogP) is 3.25. The fourth-order valence-electron chi connectivity index (χ4n) is 2.16. The fourth-order valence-corrected chi connectivity index (χ4v) is 3.58. The molecule has 14 heavy (non-hydrogen) atoms. The first kappa shape index (κ1) is 12.4. The molecule has 84 valence electrons. The van der Waals surface area contributed by atoms with Gasteiger partial charge >= 0.3 is 0 Å². The molecular weight excluding hydrogens is 190 g/mol. The van der Waals surface area contributed by atoms with Crippen molar-refractivity contribution in [1.82, 2.24) is 4.90 Å². The van der Waals surface area contributed by atoms with Crippen LogP contribution < -0.4 is 0 Å². The molecule has 1 atom stereocenters. The van der Waals surface area contributed by atoms with Crippen LogP contribution in [0.4, 0.5) is 0 Å². The highest BCUT2D eigenvalue weighted by Crippen LogP contribution is 2.31. The SMILES string of the molecule is CC(C)N1CCCSC[C@@H]1C(C)(C)C. The van der Waals surface area contributed by atoms with E-state index in [2.05, 4.69) is 51.3 Å². The van der Waals surface area contributed by atoms with Crippen LogP contribution in [0.25, 0.3) is 0 Å². The van der Waals surface area contributed by atoms with Crippen molar-refractivity contribution in [3.05, 3.63) is 0 Å². The van der Waals surface area contributed by atoms with Gasteiger partial charge in [0.25, 0.3) is 0 Å². The lowest BCUT2D eigenvalue weighted by Crippen LogP contribution is -2.48. The molecule has 0 spiro atoms. The first-order valence-electron chi connectivity index (χ1n) is 5.76. The van der Waals surface area contributed by atoms with Crippen LogP contribution >= 0.6 is 11.8 Å². The summed E-state index contributed by atoms with van der Waals surface area (Å²) >= 11 is 2.13. The minimum atomic E-state index is 0.418. The molecule has 0 saturated carbocycles. The van der Waals surface area contributed by atoms with E-state index in [1.807, 2.05) is 0 Å². The number of nitrogens with zero attached hydrogens (tertiary/aromatic N) is 1. The molecule has 0 unspecified atom stereocenters. The van der Waals surface area contributed by atoms with E-state index in [1.165, 1.54) is 24.5 Å². The van der Waals surface area contributed by atoms with Crippen molar-refractivity contribution < 1.29 is 0 Å². The van der Waals surface area contributed by atoms with Crippen molar-refractivity contribution in [2.24, 2.45) is 5.41 Å². The van der Waals surface area contributed by atoms with E-state index in [0.29, 0.717) is 11.5 Å². The third kappa shape index (κ3) is 3.16. The lowest BCUT2D eigenvalue weighted by molar-refractivity contribution is 0.0892. The molecule has 1 aliphatic rings. The van der Waals surface area contributed by atoms with Gasteiger partial charge < -0.3 is 0 Å². The molecular formula is C12H25NS. The minimum absolute atomic E-state index is 0.418.